The molecule has 0 aliphatic rings. The van der Waals surface area contributed by atoms with Gasteiger partial charge in [-0.2, -0.15) is 0 Å². The van der Waals surface area contributed by atoms with Crippen molar-refractivity contribution in [2.24, 2.45) is 0 Å². The van der Waals surface area contributed by atoms with Gasteiger partial charge in [0.05, 0.1) is 20.3 Å². The van der Waals surface area contributed by atoms with Crippen molar-refractivity contribution in [3.05, 3.63) is 60.0 Å². The normalized spacial score (nSPS) is 12.3. The molecule has 0 spiro atoms. The van der Waals surface area contributed by atoms with Crippen LogP contribution in [0.1, 0.15) is 24.4 Å². The minimum Gasteiger partial charge on any atom is -0.497 e. The Morgan fingerprint density at radius 3 is 2.73 bits per heavy atom. The highest BCUT2D eigenvalue weighted by molar-refractivity contribution is 5.91. The second-order valence-corrected chi connectivity index (χ2v) is 5.69. The van der Waals surface area contributed by atoms with Crippen LogP contribution in [-0.4, -0.2) is 25.1 Å². The van der Waals surface area contributed by atoms with Crippen LogP contribution in [0.15, 0.2) is 53.0 Å². The zero-order valence-electron chi connectivity index (χ0n) is 14.9. The number of benzene rings is 2. The molecular weight excluding hydrogens is 332 g/mol. The van der Waals surface area contributed by atoms with Crippen molar-refractivity contribution in [1.82, 2.24) is 10.3 Å². The number of oxazole rings is 1. The third-order valence-corrected chi connectivity index (χ3v) is 3.95. The predicted molar refractivity (Wildman–Crippen MR) is 99.1 cm³/mol. The Morgan fingerprint density at radius 1 is 1.19 bits per heavy atom. The average molecular weight is 352 g/mol. The van der Waals surface area contributed by atoms with Crippen molar-refractivity contribution in [3.8, 4) is 11.5 Å². The second-order valence-electron chi connectivity index (χ2n) is 5.69. The van der Waals surface area contributed by atoms with E-state index in [2.05, 4.69) is 10.3 Å². The van der Waals surface area contributed by atoms with E-state index >= 15 is 0 Å². The van der Waals surface area contributed by atoms with E-state index in [-0.39, 0.29) is 11.9 Å². The minimum absolute atomic E-state index is 0.239. The average Bonchev–Trinajstić information content (AvgIpc) is 3.08. The highest BCUT2D eigenvalue weighted by Crippen LogP contribution is 2.29. The molecule has 6 nitrogen and oxygen atoms in total. The molecule has 3 rings (SSSR count). The molecule has 0 aliphatic heterocycles. The number of carbonyl (C=O) groups is 1. The quantitative estimate of drug-likeness (QED) is 0.684. The number of amides is 1. The number of carbonyl (C=O) groups excluding carboxylic acids is 1. The van der Waals surface area contributed by atoms with Gasteiger partial charge in [0.15, 0.2) is 5.58 Å². The molecule has 0 fully saturated rings. The molecule has 3 aromatic rings. The maximum Gasteiger partial charge on any atom is 0.244 e. The Kier molecular flexibility index (Phi) is 5.22. The number of para-hydroxylation sites is 2. The van der Waals surface area contributed by atoms with Crippen LogP contribution in [0.4, 0.5) is 0 Å². The van der Waals surface area contributed by atoms with Crippen molar-refractivity contribution >= 4 is 23.1 Å². The zero-order chi connectivity index (χ0) is 18.5. The van der Waals surface area contributed by atoms with Gasteiger partial charge in [0, 0.05) is 23.8 Å². The summed E-state index contributed by atoms with van der Waals surface area (Å²) in [7, 11) is 3.18. The number of ether oxygens (including phenoxy) is 2. The fourth-order valence-electron chi connectivity index (χ4n) is 2.62. The number of aromatic nitrogens is 1. The predicted octanol–water partition coefficient (Wildman–Crippen LogP) is 3.74. The van der Waals surface area contributed by atoms with Crippen molar-refractivity contribution in [1.29, 1.82) is 0 Å². The minimum atomic E-state index is -0.252. The largest absolute Gasteiger partial charge is 0.497 e. The van der Waals surface area contributed by atoms with Crippen LogP contribution < -0.4 is 14.8 Å². The molecular formula is C20H20N2O4. The third kappa shape index (κ3) is 3.85. The molecule has 1 unspecified atom stereocenters. The first-order valence-corrected chi connectivity index (χ1v) is 8.17. The molecule has 2 aromatic carbocycles. The van der Waals surface area contributed by atoms with E-state index in [1.165, 1.54) is 6.08 Å². The first-order valence-electron chi connectivity index (χ1n) is 8.17. The molecule has 1 N–H and O–H groups in total. The van der Waals surface area contributed by atoms with Gasteiger partial charge in [-0.25, -0.2) is 4.98 Å². The summed E-state index contributed by atoms with van der Waals surface area (Å²) in [6, 6.07) is 12.7. The van der Waals surface area contributed by atoms with Crippen LogP contribution in [-0.2, 0) is 4.79 Å². The Morgan fingerprint density at radius 2 is 2.00 bits per heavy atom. The van der Waals surface area contributed by atoms with E-state index in [0.717, 1.165) is 11.1 Å². The van der Waals surface area contributed by atoms with Gasteiger partial charge in [-0.15, -0.1) is 0 Å². The summed E-state index contributed by atoms with van der Waals surface area (Å²) in [5.41, 5.74) is 2.30. The molecule has 1 amide bonds. The number of rotatable bonds is 6. The molecule has 1 aromatic heterocycles. The van der Waals surface area contributed by atoms with Crippen molar-refractivity contribution in [3.63, 3.8) is 0 Å². The van der Waals surface area contributed by atoms with E-state index in [1.54, 1.807) is 26.4 Å². The summed E-state index contributed by atoms with van der Waals surface area (Å²) in [6.07, 6.45) is 2.95. The highest BCUT2D eigenvalue weighted by atomic mass is 16.5. The standard InChI is InChI=1S/C20H20N2O4/c1-13(15-9-8-14(24-2)12-18(15)25-3)21-19(23)10-11-20-22-16-6-4-5-7-17(16)26-20/h4-13H,1-3H3,(H,21,23)/b11-10+. The summed E-state index contributed by atoms with van der Waals surface area (Å²) in [4.78, 5) is 16.5. The molecule has 0 saturated carbocycles. The lowest BCUT2D eigenvalue weighted by atomic mass is 10.1. The monoisotopic (exact) mass is 352 g/mol. The Hall–Kier alpha value is -3.28. The molecule has 0 radical (unpaired) electrons. The van der Waals surface area contributed by atoms with Crippen LogP contribution >= 0.6 is 0 Å². The fraction of sp³-hybridized carbons (Fsp3) is 0.200. The topological polar surface area (TPSA) is 73.6 Å². The number of nitrogens with one attached hydrogen (secondary N) is 1. The van der Waals surface area contributed by atoms with E-state index in [9.17, 15) is 4.79 Å². The first kappa shape index (κ1) is 17.5. The van der Waals surface area contributed by atoms with Crippen LogP contribution in [0, 0.1) is 0 Å². The van der Waals surface area contributed by atoms with Crippen LogP contribution in [0.2, 0.25) is 0 Å². The van der Waals surface area contributed by atoms with Crippen LogP contribution in [0.5, 0.6) is 11.5 Å². The lowest BCUT2D eigenvalue weighted by Gasteiger charge is -2.17. The van der Waals surface area contributed by atoms with Crippen LogP contribution in [0.25, 0.3) is 17.2 Å². The fourth-order valence-corrected chi connectivity index (χ4v) is 2.62. The smallest absolute Gasteiger partial charge is 0.244 e. The van der Waals surface area contributed by atoms with E-state index in [1.807, 2.05) is 43.3 Å². The lowest BCUT2D eigenvalue weighted by Crippen LogP contribution is -2.25. The van der Waals surface area contributed by atoms with Crippen LogP contribution in [0.3, 0.4) is 0 Å². The number of methoxy groups -OCH3 is 2. The van der Waals surface area contributed by atoms with Crippen molar-refractivity contribution < 1.29 is 18.7 Å². The van der Waals surface area contributed by atoms with E-state index in [0.29, 0.717) is 23.0 Å². The summed E-state index contributed by atoms with van der Waals surface area (Å²) in [6.45, 7) is 1.88. The number of hydrogen-bond donors (Lipinski definition) is 1. The summed E-state index contributed by atoms with van der Waals surface area (Å²) in [5.74, 6) is 1.48. The molecule has 6 heteroatoms. The lowest BCUT2D eigenvalue weighted by molar-refractivity contribution is -0.117. The third-order valence-electron chi connectivity index (χ3n) is 3.95. The van der Waals surface area contributed by atoms with Gasteiger partial charge in [-0.05, 0) is 31.2 Å². The summed E-state index contributed by atoms with van der Waals surface area (Å²) < 4.78 is 16.1. The number of hydrogen-bond acceptors (Lipinski definition) is 5. The number of fused-ring (bicyclic) bond motifs is 1. The Labute approximate surface area is 151 Å². The zero-order valence-corrected chi connectivity index (χ0v) is 14.9. The maximum atomic E-state index is 12.2. The maximum absolute atomic E-state index is 12.2. The van der Waals surface area contributed by atoms with Gasteiger partial charge in [0.2, 0.25) is 11.8 Å². The molecule has 0 aliphatic carbocycles. The van der Waals surface area contributed by atoms with Gasteiger partial charge < -0.3 is 19.2 Å². The SMILES string of the molecule is COc1ccc(C(C)NC(=O)/C=C/c2nc3ccccc3o2)c(OC)c1. The Balaban J connectivity index is 1.69. The summed E-state index contributed by atoms with van der Waals surface area (Å²) >= 11 is 0. The molecule has 1 heterocycles. The second kappa shape index (κ2) is 7.74. The molecule has 0 saturated heterocycles. The Bertz CT molecular complexity index is 913. The summed E-state index contributed by atoms with van der Waals surface area (Å²) in [5, 5.41) is 2.90. The molecule has 0 bridgehead atoms. The highest BCUT2D eigenvalue weighted by Gasteiger charge is 2.14. The van der Waals surface area contributed by atoms with Gasteiger partial charge in [0.1, 0.15) is 17.0 Å². The van der Waals surface area contributed by atoms with Crippen molar-refractivity contribution in [2.75, 3.05) is 14.2 Å². The van der Waals surface area contributed by atoms with E-state index < -0.39 is 0 Å². The number of nitrogens with zero attached hydrogens (tertiary/aromatic N) is 1. The van der Waals surface area contributed by atoms with Gasteiger partial charge in [-0.3, -0.25) is 4.79 Å². The van der Waals surface area contributed by atoms with Gasteiger partial charge in [0.25, 0.3) is 0 Å². The molecule has 1 atom stereocenters. The first-order chi connectivity index (χ1) is 12.6. The van der Waals surface area contributed by atoms with Gasteiger partial charge in [-0.1, -0.05) is 12.1 Å². The molecule has 26 heavy (non-hydrogen) atoms. The molecule has 134 valence electrons. The van der Waals surface area contributed by atoms with Crippen molar-refractivity contribution in [2.45, 2.75) is 13.0 Å². The van der Waals surface area contributed by atoms with E-state index in [4.69, 9.17) is 13.9 Å². The van der Waals surface area contributed by atoms with Gasteiger partial charge >= 0.3 is 0 Å².